The van der Waals surface area contributed by atoms with Crippen molar-refractivity contribution in [2.45, 2.75) is 18.6 Å². The number of hydrogen-bond acceptors (Lipinski definition) is 4. The molecule has 2 aliphatic heterocycles. The number of nitrogens with zero attached hydrogens (tertiary/aromatic N) is 3. The van der Waals surface area contributed by atoms with Gasteiger partial charge < -0.3 is 19.7 Å². The summed E-state index contributed by atoms with van der Waals surface area (Å²) in [6.07, 6.45) is -3.36. The maximum Gasteiger partial charge on any atom is 0.419 e. The summed E-state index contributed by atoms with van der Waals surface area (Å²) in [6, 6.07) is 5.74. The predicted octanol–water partition coefficient (Wildman–Crippen LogP) is 2.68. The van der Waals surface area contributed by atoms with Gasteiger partial charge in [-0.3, -0.25) is 9.89 Å². The van der Waals surface area contributed by atoms with Crippen LogP contribution in [0.15, 0.2) is 29.3 Å². The summed E-state index contributed by atoms with van der Waals surface area (Å²) in [6.45, 7) is 5.75. The summed E-state index contributed by atoms with van der Waals surface area (Å²) in [5.74, 6) is 0.601. The average molecular weight is 528 g/mol. The molecule has 0 aliphatic carbocycles. The molecule has 1 N–H and O–H groups in total. The fraction of sp³-hybridized carbons (Fsp3) is 0.632. The van der Waals surface area contributed by atoms with Crippen molar-refractivity contribution in [3.8, 4) is 5.75 Å². The molecular weight excluding hydrogens is 500 g/mol. The number of likely N-dealkylation sites (tertiary alicyclic amines) is 1. The van der Waals surface area contributed by atoms with Crippen LogP contribution >= 0.6 is 24.0 Å². The molecule has 0 bridgehead atoms. The second-order valence-electron chi connectivity index (χ2n) is 6.85. The monoisotopic (exact) mass is 528 g/mol. The van der Waals surface area contributed by atoms with E-state index in [0.717, 1.165) is 57.8 Å². The molecule has 0 aromatic heterocycles. The lowest BCUT2D eigenvalue weighted by Crippen LogP contribution is -2.47. The van der Waals surface area contributed by atoms with Crippen LogP contribution in [0.5, 0.6) is 5.75 Å². The molecular formula is C19H28F3IN4O2. The molecule has 1 unspecified atom stereocenters. The minimum absolute atomic E-state index is 0. The van der Waals surface area contributed by atoms with Crippen molar-refractivity contribution in [3.05, 3.63) is 29.8 Å². The zero-order valence-electron chi connectivity index (χ0n) is 16.5. The number of rotatable bonds is 5. The molecule has 0 radical (unpaired) electrons. The number of halogens is 4. The van der Waals surface area contributed by atoms with Crippen molar-refractivity contribution in [1.82, 2.24) is 15.1 Å². The Hall–Kier alpha value is -1.27. The maximum absolute atomic E-state index is 13.0. The van der Waals surface area contributed by atoms with Crippen LogP contribution in [-0.4, -0.2) is 81.4 Å². The predicted molar refractivity (Wildman–Crippen MR) is 116 cm³/mol. The topological polar surface area (TPSA) is 49.3 Å². The van der Waals surface area contributed by atoms with Gasteiger partial charge >= 0.3 is 6.18 Å². The van der Waals surface area contributed by atoms with E-state index in [-0.39, 0.29) is 36.3 Å². The van der Waals surface area contributed by atoms with E-state index in [1.54, 1.807) is 7.05 Å². The van der Waals surface area contributed by atoms with Crippen LogP contribution < -0.4 is 10.1 Å². The van der Waals surface area contributed by atoms with Crippen molar-refractivity contribution >= 4 is 29.9 Å². The molecule has 2 heterocycles. The SMILES string of the molecule is CN=C(NCCOc1ccccc1C(F)(F)F)N1CCC(N2CCOCC2)C1.I. The summed E-state index contributed by atoms with van der Waals surface area (Å²) >= 11 is 0. The van der Waals surface area contributed by atoms with Crippen molar-refractivity contribution in [1.29, 1.82) is 0 Å². The number of guanidine groups is 1. The Balaban J connectivity index is 0.00000300. The molecule has 2 saturated heterocycles. The van der Waals surface area contributed by atoms with Crippen molar-refractivity contribution < 1.29 is 22.6 Å². The quantitative estimate of drug-likeness (QED) is 0.276. The van der Waals surface area contributed by atoms with Gasteiger partial charge in [0.1, 0.15) is 12.4 Å². The highest BCUT2D eigenvalue weighted by atomic mass is 127. The van der Waals surface area contributed by atoms with Gasteiger partial charge in [-0.05, 0) is 18.6 Å². The van der Waals surface area contributed by atoms with Crippen LogP contribution in [0.3, 0.4) is 0 Å². The lowest BCUT2D eigenvalue weighted by Gasteiger charge is -2.32. The number of para-hydroxylation sites is 1. The maximum atomic E-state index is 13.0. The third kappa shape index (κ3) is 6.61. The molecule has 0 saturated carbocycles. The molecule has 29 heavy (non-hydrogen) atoms. The van der Waals surface area contributed by atoms with Gasteiger partial charge in [0.25, 0.3) is 0 Å². The van der Waals surface area contributed by atoms with Crippen LogP contribution in [0.4, 0.5) is 13.2 Å². The van der Waals surface area contributed by atoms with Gasteiger partial charge in [0.2, 0.25) is 0 Å². The van der Waals surface area contributed by atoms with Crippen LogP contribution in [0.25, 0.3) is 0 Å². The number of nitrogens with one attached hydrogen (secondary N) is 1. The summed E-state index contributed by atoms with van der Waals surface area (Å²) < 4.78 is 49.8. The zero-order chi connectivity index (χ0) is 20.0. The van der Waals surface area contributed by atoms with E-state index in [2.05, 4.69) is 20.1 Å². The standard InChI is InChI=1S/C19H27F3N4O2.HI/c1-23-18(26-8-6-15(14-26)25-9-12-27-13-10-25)24-7-11-28-17-5-3-2-4-16(17)19(20,21)22;/h2-5,15H,6-14H2,1H3,(H,23,24);1H. The Morgan fingerprint density at radius 2 is 1.97 bits per heavy atom. The van der Waals surface area contributed by atoms with Gasteiger partial charge in [-0.1, -0.05) is 12.1 Å². The molecule has 2 fully saturated rings. The van der Waals surface area contributed by atoms with Crippen molar-refractivity contribution in [3.63, 3.8) is 0 Å². The average Bonchev–Trinajstić information content (AvgIpc) is 3.18. The molecule has 0 amide bonds. The van der Waals surface area contributed by atoms with Crippen molar-refractivity contribution in [2.75, 3.05) is 59.6 Å². The van der Waals surface area contributed by atoms with E-state index in [1.165, 1.54) is 18.2 Å². The summed E-state index contributed by atoms with van der Waals surface area (Å²) in [7, 11) is 1.71. The molecule has 3 rings (SSSR count). The lowest BCUT2D eigenvalue weighted by atomic mass is 10.2. The van der Waals surface area contributed by atoms with Gasteiger partial charge in [-0.15, -0.1) is 24.0 Å². The smallest absolute Gasteiger partial charge is 0.419 e. The number of morpholine rings is 1. The Morgan fingerprint density at radius 1 is 1.24 bits per heavy atom. The normalized spacial score (nSPS) is 21.0. The summed E-state index contributed by atoms with van der Waals surface area (Å²) in [5.41, 5.74) is -0.757. The molecule has 2 aliphatic rings. The van der Waals surface area contributed by atoms with E-state index in [4.69, 9.17) is 9.47 Å². The summed E-state index contributed by atoms with van der Waals surface area (Å²) in [4.78, 5) is 8.94. The van der Waals surface area contributed by atoms with E-state index in [9.17, 15) is 13.2 Å². The Bertz CT molecular complexity index is 669. The third-order valence-electron chi connectivity index (χ3n) is 5.07. The minimum atomic E-state index is -4.43. The second-order valence-corrected chi connectivity index (χ2v) is 6.85. The third-order valence-corrected chi connectivity index (χ3v) is 5.07. The Labute approximate surface area is 186 Å². The molecule has 1 atom stereocenters. The second kappa shape index (κ2) is 11.2. The van der Waals surface area contributed by atoms with Gasteiger partial charge in [0, 0.05) is 39.3 Å². The van der Waals surface area contributed by atoms with Crippen LogP contribution in [0, 0.1) is 0 Å². The molecule has 1 aromatic rings. The molecule has 6 nitrogen and oxygen atoms in total. The first kappa shape index (κ1) is 24.0. The van der Waals surface area contributed by atoms with Gasteiger partial charge in [-0.25, -0.2) is 0 Å². The van der Waals surface area contributed by atoms with E-state index < -0.39 is 11.7 Å². The van der Waals surface area contributed by atoms with E-state index >= 15 is 0 Å². The zero-order valence-corrected chi connectivity index (χ0v) is 18.8. The van der Waals surface area contributed by atoms with Gasteiger partial charge in [0.15, 0.2) is 5.96 Å². The molecule has 1 aromatic carbocycles. The number of alkyl halides is 3. The number of aliphatic imine (C=N–C) groups is 1. The largest absolute Gasteiger partial charge is 0.491 e. The fourth-order valence-corrected chi connectivity index (χ4v) is 3.66. The first-order valence-corrected chi connectivity index (χ1v) is 9.55. The Morgan fingerprint density at radius 3 is 2.66 bits per heavy atom. The number of benzene rings is 1. The number of ether oxygens (including phenoxy) is 2. The first-order chi connectivity index (χ1) is 13.5. The Kier molecular flexibility index (Phi) is 9.28. The highest BCUT2D eigenvalue weighted by molar-refractivity contribution is 14.0. The lowest BCUT2D eigenvalue weighted by molar-refractivity contribution is -0.138. The van der Waals surface area contributed by atoms with Crippen molar-refractivity contribution in [2.24, 2.45) is 4.99 Å². The van der Waals surface area contributed by atoms with E-state index in [0.29, 0.717) is 12.6 Å². The molecule has 0 spiro atoms. The van der Waals surface area contributed by atoms with E-state index in [1.807, 2.05) is 0 Å². The fourth-order valence-electron chi connectivity index (χ4n) is 3.66. The van der Waals surface area contributed by atoms with Crippen LogP contribution in [-0.2, 0) is 10.9 Å². The van der Waals surface area contributed by atoms with Gasteiger partial charge in [0.05, 0.1) is 25.3 Å². The minimum Gasteiger partial charge on any atom is -0.491 e. The highest BCUT2D eigenvalue weighted by Gasteiger charge is 2.34. The van der Waals surface area contributed by atoms with Crippen LogP contribution in [0.1, 0.15) is 12.0 Å². The molecule has 10 heteroatoms. The van der Waals surface area contributed by atoms with Gasteiger partial charge in [-0.2, -0.15) is 13.2 Å². The first-order valence-electron chi connectivity index (χ1n) is 9.55. The summed E-state index contributed by atoms with van der Waals surface area (Å²) in [5, 5.41) is 3.19. The number of hydrogen-bond donors (Lipinski definition) is 1. The van der Waals surface area contributed by atoms with Crippen LogP contribution in [0.2, 0.25) is 0 Å². The molecule has 164 valence electrons. The highest BCUT2D eigenvalue weighted by Crippen LogP contribution is 2.35.